The lowest BCUT2D eigenvalue weighted by atomic mass is 9.92. The van der Waals surface area contributed by atoms with Crippen molar-refractivity contribution >= 4 is 22.7 Å². The molecule has 33 heavy (non-hydrogen) atoms. The summed E-state index contributed by atoms with van der Waals surface area (Å²) in [6, 6.07) is 7.52. The van der Waals surface area contributed by atoms with Gasteiger partial charge in [-0.2, -0.15) is 0 Å². The largest absolute Gasteiger partial charge is 0.489 e. The number of para-hydroxylation sites is 2. The van der Waals surface area contributed by atoms with E-state index in [4.69, 9.17) is 9.72 Å². The van der Waals surface area contributed by atoms with Gasteiger partial charge in [0.05, 0.1) is 24.2 Å². The summed E-state index contributed by atoms with van der Waals surface area (Å²) in [5.74, 6) is 0.116. The first-order valence-electron chi connectivity index (χ1n) is 11.5. The second kappa shape index (κ2) is 8.46. The van der Waals surface area contributed by atoms with Gasteiger partial charge >= 0.3 is 0 Å². The first kappa shape index (κ1) is 21.4. The van der Waals surface area contributed by atoms with Crippen LogP contribution in [0.25, 0.3) is 22.7 Å². The lowest BCUT2D eigenvalue weighted by molar-refractivity contribution is -0.122. The number of nitrogens with zero attached hydrogens (tertiary/aromatic N) is 4. The Morgan fingerprint density at radius 2 is 1.85 bits per heavy atom. The zero-order chi connectivity index (χ0) is 23.1. The molecule has 0 bridgehead atoms. The number of imidazole rings is 1. The Morgan fingerprint density at radius 3 is 2.55 bits per heavy atom. The van der Waals surface area contributed by atoms with Gasteiger partial charge in [0.25, 0.3) is 11.5 Å². The third-order valence-electron chi connectivity index (χ3n) is 6.76. The van der Waals surface area contributed by atoms with Crippen LogP contribution < -0.4 is 15.6 Å². The molecule has 1 unspecified atom stereocenters. The van der Waals surface area contributed by atoms with E-state index in [1.807, 2.05) is 24.3 Å². The summed E-state index contributed by atoms with van der Waals surface area (Å²) < 4.78 is 8.78. The summed E-state index contributed by atoms with van der Waals surface area (Å²) in [6.45, 7) is 0. The second-order valence-electron chi connectivity index (χ2n) is 8.80. The number of fused-ring (bicyclic) bond motifs is 1. The third-order valence-corrected chi connectivity index (χ3v) is 6.76. The number of Topliss-reactive ketones (excluding diaryl/α,β-unsaturated/α-hetero) is 1. The molecule has 2 fully saturated rings. The Balaban J connectivity index is 1.64. The number of carbonyl (C=O) groups excluding carboxylic acids is 2. The summed E-state index contributed by atoms with van der Waals surface area (Å²) in [5.41, 5.74) is 1.18. The van der Waals surface area contributed by atoms with Gasteiger partial charge in [-0.1, -0.05) is 18.6 Å². The Hall–Kier alpha value is -3.49. The number of aromatic nitrogens is 4. The molecule has 0 radical (unpaired) electrons. The molecule has 2 aliphatic rings. The molecular weight excluding hydrogens is 422 g/mol. The summed E-state index contributed by atoms with van der Waals surface area (Å²) >= 11 is 0. The van der Waals surface area contributed by atoms with Gasteiger partial charge in [-0.25, -0.2) is 9.97 Å². The van der Waals surface area contributed by atoms with Crippen LogP contribution in [0.2, 0.25) is 0 Å². The molecule has 3 aromatic rings. The van der Waals surface area contributed by atoms with Crippen molar-refractivity contribution in [2.24, 2.45) is 7.05 Å². The molecule has 1 amide bonds. The van der Waals surface area contributed by atoms with Gasteiger partial charge in [-0.05, 0) is 44.2 Å². The summed E-state index contributed by atoms with van der Waals surface area (Å²) in [7, 11) is 2.94. The van der Waals surface area contributed by atoms with E-state index in [0.29, 0.717) is 24.5 Å². The molecule has 5 rings (SSSR count). The van der Waals surface area contributed by atoms with E-state index in [1.54, 1.807) is 7.05 Å². The molecular formula is C24H27N5O4. The van der Waals surface area contributed by atoms with E-state index >= 15 is 0 Å². The molecule has 2 heterocycles. The van der Waals surface area contributed by atoms with Gasteiger partial charge in [-0.15, -0.1) is 0 Å². The number of ether oxygens (including phenoxy) is 1. The van der Waals surface area contributed by atoms with Crippen LogP contribution >= 0.6 is 0 Å². The maximum absolute atomic E-state index is 13.2. The molecule has 9 heteroatoms. The van der Waals surface area contributed by atoms with Gasteiger partial charge in [-0.3, -0.25) is 19.0 Å². The van der Waals surface area contributed by atoms with Gasteiger partial charge in [0.15, 0.2) is 23.1 Å². The highest BCUT2D eigenvalue weighted by Crippen LogP contribution is 2.38. The van der Waals surface area contributed by atoms with Crippen LogP contribution in [0.1, 0.15) is 61.5 Å². The van der Waals surface area contributed by atoms with E-state index in [9.17, 15) is 14.4 Å². The Kier molecular flexibility index (Phi) is 5.47. The molecule has 1 N–H and O–H groups in total. The van der Waals surface area contributed by atoms with Crippen LogP contribution in [0.5, 0.6) is 5.75 Å². The van der Waals surface area contributed by atoms with Crippen molar-refractivity contribution in [1.29, 1.82) is 0 Å². The van der Waals surface area contributed by atoms with Gasteiger partial charge < -0.3 is 14.6 Å². The van der Waals surface area contributed by atoms with Crippen LogP contribution in [0.4, 0.5) is 0 Å². The average Bonchev–Trinajstić information content (AvgIpc) is 3.14. The fourth-order valence-corrected chi connectivity index (χ4v) is 4.70. The van der Waals surface area contributed by atoms with E-state index < -0.39 is 17.5 Å². The zero-order valence-corrected chi connectivity index (χ0v) is 18.8. The van der Waals surface area contributed by atoms with Crippen LogP contribution in [-0.4, -0.2) is 43.9 Å². The predicted octanol–water partition coefficient (Wildman–Crippen LogP) is 2.77. The number of hydrogen-bond donors (Lipinski definition) is 1. The quantitative estimate of drug-likeness (QED) is 0.642. The number of carbonyl (C=O) groups is 2. The molecule has 0 aliphatic heterocycles. The highest BCUT2D eigenvalue weighted by molar-refractivity contribution is 5.99. The fourth-order valence-electron chi connectivity index (χ4n) is 4.70. The van der Waals surface area contributed by atoms with Gasteiger partial charge in [0, 0.05) is 19.5 Å². The number of ketones is 1. The maximum atomic E-state index is 13.2. The number of rotatable bonds is 5. The first-order valence-corrected chi connectivity index (χ1v) is 11.5. The second-order valence-corrected chi connectivity index (χ2v) is 8.80. The molecule has 2 saturated carbocycles. The van der Waals surface area contributed by atoms with Gasteiger partial charge in [0.1, 0.15) is 0 Å². The monoisotopic (exact) mass is 449 g/mol. The summed E-state index contributed by atoms with van der Waals surface area (Å²) in [4.78, 5) is 47.9. The lowest BCUT2D eigenvalue weighted by Crippen LogP contribution is -2.43. The van der Waals surface area contributed by atoms with Crippen LogP contribution in [0.15, 0.2) is 29.1 Å². The van der Waals surface area contributed by atoms with Crippen molar-refractivity contribution in [2.45, 2.75) is 57.0 Å². The molecule has 0 saturated heterocycles. The number of hydrogen-bond acceptors (Lipinski definition) is 6. The van der Waals surface area contributed by atoms with E-state index in [1.165, 1.54) is 11.7 Å². The Labute approximate surface area is 190 Å². The lowest BCUT2D eigenvalue weighted by Gasteiger charge is -2.29. The van der Waals surface area contributed by atoms with Crippen molar-refractivity contribution in [3.63, 3.8) is 0 Å². The highest BCUT2D eigenvalue weighted by atomic mass is 16.5. The molecule has 2 aromatic heterocycles. The topological polar surface area (TPSA) is 108 Å². The molecule has 172 valence electrons. The number of nitrogens with one attached hydrogen (secondary N) is 1. The van der Waals surface area contributed by atoms with Crippen LogP contribution in [0, 0.1) is 0 Å². The van der Waals surface area contributed by atoms with Crippen molar-refractivity contribution < 1.29 is 14.3 Å². The minimum absolute atomic E-state index is 0.00407. The predicted molar refractivity (Wildman–Crippen MR) is 122 cm³/mol. The minimum Gasteiger partial charge on any atom is -0.489 e. The van der Waals surface area contributed by atoms with Crippen molar-refractivity contribution in [3.05, 3.63) is 40.3 Å². The molecule has 2 aliphatic carbocycles. The third kappa shape index (κ3) is 3.61. The maximum Gasteiger partial charge on any atom is 0.296 e. The summed E-state index contributed by atoms with van der Waals surface area (Å²) in [6.07, 6.45) is 5.91. The molecule has 1 aromatic carbocycles. The van der Waals surface area contributed by atoms with Gasteiger partial charge in [0.2, 0.25) is 5.75 Å². The number of benzene rings is 1. The van der Waals surface area contributed by atoms with E-state index in [2.05, 4.69) is 14.9 Å². The average molecular weight is 450 g/mol. The summed E-state index contributed by atoms with van der Waals surface area (Å²) in [5, 5.41) is 2.76. The minimum atomic E-state index is -0.586. The standard InChI is InChI=1S/C24H27N5O4/c1-28-21(22-25-15-10-3-5-12-17(15)29(22)14-8-7-9-14)27-19(20(33-2)24(28)32)23(31)26-16-11-4-6-13-18(16)30/h3,5,10,12,14,16H,4,6-9,11,13H2,1-2H3,(H,26,31). The van der Waals surface area contributed by atoms with Crippen molar-refractivity contribution in [2.75, 3.05) is 7.11 Å². The van der Waals surface area contributed by atoms with E-state index in [0.717, 1.165) is 43.1 Å². The first-order chi connectivity index (χ1) is 16.0. The molecule has 9 nitrogen and oxygen atoms in total. The van der Waals surface area contributed by atoms with Crippen LogP contribution in [0.3, 0.4) is 0 Å². The van der Waals surface area contributed by atoms with Crippen molar-refractivity contribution in [3.8, 4) is 17.4 Å². The Morgan fingerprint density at radius 1 is 1.06 bits per heavy atom. The molecule has 1 atom stereocenters. The normalized spacial score (nSPS) is 18.8. The van der Waals surface area contributed by atoms with Crippen molar-refractivity contribution in [1.82, 2.24) is 24.4 Å². The number of amides is 1. The number of methoxy groups -OCH3 is 1. The highest BCUT2D eigenvalue weighted by Gasteiger charge is 2.31. The smallest absolute Gasteiger partial charge is 0.296 e. The fraction of sp³-hybridized carbons (Fsp3) is 0.458. The Bertz CT molecular complexity index is 1300. The zero-order valence-electron chi connectivity index (χ0n) is 18.8. The van der Waals surface area contributed by atoms with Crippen LogP contribution in [-0.2, 0) is 11.8 Å². The van der Waals surface area contributed by atoms with E-state index in [-0.39, 0.29) is 23.3 Å². The molecule has 0 spiro atoms. The SMILES string of the molecule is COc1c(C(=O)NC2CCCCC2=O)nc(-c2nc3ccccc3n2C2CCC2)n(C)c1=O.